The Bertz CT molecular complexity index is 678. The number of aryl methyl sites for hydroxylation is 1. The fourth-order valence-electron chi connectivity index (χ4n) is 3.14. The van der Waals surface area contributed by atoms with Gasteiger partial charge in [0.15, 0.2) is 0 Å². The minimum Gasteiger partial charge on any atom is -0.345 e. The molecule has 0 bridgehead atoms. The quantitative estimate of drug-likeness (QED) is 0.944. The molecule has 1 aliphatic carbocycles. The molecule has 0 saturated carbocycles. The number of rotatable bonds is 4. The van der Waals surface area contributed by atoms with Gasteiger partial charge in [-0.05, 0) is 24.5 Å². The van der Waals surface area contributed by atoms with Crippen LogP contribution < -0.4 is 0 Å². The highest BCUT2D eigenvalue weighted by molar-refractivity contribution is 5.79. The summed E-state index contributed by atoms with van der Waals surface area (Å²) in [6.07, 6.45) is 6.09. The van der Waals surface area contributed by atoms with Gasteiger partial charge in [-0.15, -0.1) is 0 Å². The molecule has 1 atom stereocenters. The first-order valence-electron chi connectivity index (χ1n) is 8.26. The largest absolute Gasteiger partial charge is 0.345 e. The van der Waals surface area contributed by atoms with Gasteiger partial charge < -0.3 is 9.88 Å². The van der Waals surface area contributed by atoms with Crippen LogP contribution in [0, 0.1) is 5.92 Å². The Morgan fingerprint density at radius 2 is 2.30 bits per heavy atom. The smallest absolute Gasteiger partial charge is 0.226 e. The van der Waals surface area contributed by atoms with Gasteiger partial charge in [-0.2, -0.15) is 0 Å². The maximum Gasteiger partial charge on any atom is 0.226 e. The molecule has 0 aliphatic heterocycles. The molecule has 2 aromatic heterocycles. The molecule has 23 heavy (non-hydrogen) atoms. The summed E-state index contributed by atoms with van der Waals surface area (Å²) in [5, 5.41) is 0. The second-order valence-corrected chi connectivity index (χ2v) is 6.70. The molecule has 0 radical (unpaired) electrons. The minimum atomic E-state index is 0.0460. The first-order valence-corrected chi connectivity index (χ1v) is 8.26. The Kier molecular flexibility index (Phi) is 4.46. The lowest BCUT2D eigenvalue weighted by Gasteiger charge is -2.26. The summed E-state index contributed by atoms with van der Waals surface area (Å²) in [4.78, 5) is 26.7. The normalized spacial score (nSPS) is 17.1. The van der Waals surface area contributed by atoms with Gasteiger partial charge in [-0.25, -0.2) is 4.98 Å². The molecule has 0 unspecified atom stereocenters. The fourth-order valence-corrected chi connectivity index (χ4v) is 3.14. The van der Waals surface area contributed by atoms with Gasteiger partial charge in [0, 0.05) is 49.9 Å². The molecule has 0 spiro atoms. The Balaban J connectivity index is 1.66. The molecule has 1 N–H and O–H groups in total. The van der Waals surface area contributed by atoms with Crippen molar-refractivity contribution in [2.45, 2.75) is 45.6 Å². The van der Waals surface area contributed by atoms with E-state index in [1.54, 1.807) is 6.20 Å². The van der Waals surface area contributed by atoms with Crippen molar-refractivity contribution in [1.29, 1.82) is 0 Å². The average Bonchev–Trinajstić information content (AvgIpc) is 2.98. The van der Waals surface area contributed by atoms with Crippen molar-refractivity contribution in [3.05, 3.63) is 47.3 Å². The molecule has 5 nitrogen and oxygen atoms in total. The molecule has 0 fully saturated rings. The first kappa shape index (κ1) is 15.7. The van der Waals surface area contributed by atoms with E-state index in [4.69, 9.17) is 0 Å². The van der Waals surface area contributed by atoms with E-state index < -0.39 is 0 Å². The van der Waals surface area contributed by atoms with Crippen molar-refractivity contribution < 1.29 is 4.79 Å². The number of pyridine rings is 1. The third-order valence-electron chi connectivity index (χ3n) is 4.48. The van der Waals surface area contributed by atoms with Crippen LogP contribution in [0.15, 0.2) is 24.5 Å². The predicted molar refractivity (Wildman–Crippen MR) is 88.9 cm³/mol. The van der Waals surface area contributed by atoms with Crippen molar-refractivity contribution in [2.24, 2.45) is 5.92 Å². The lowest BCUT2D eigenvalue weighted by atomic mass is 9.89. The van der Waals surface area contributed by atoms with Gasteiger partial charge in [0.25, 0.3) is 0 Å². The molecule has 5 heteroatoms. The van der Waals surface area contributed by atoms with Crippen LogP contribution in [0.25, 0.3) is 0 Å². The molecule has 1 aliphatic rings. The number of nitrogens with one attached hydrogen (secondary N) is 1. The third-order valence-corrected chi connectivity index (χ3v) is 4.48. The Morgan fingerprint density at radius 1 is 1.48 bits per heavy atom. The lowest BCUT2D eigenvalue weighted by molar-refractivity contribution is -0.135. The zero-order chi connectivity index (χ0) is 16.4. The number of aromatic nitrogens is 3. The Hall–Kier alpha value is -2.17. The summed E-state index contributed by atoms with van der Waals surface area (Å²) >= 11 is 0. The predicted octanol–water partition coefficient (Wildman–Crippen LogP) is 2.69. The van der Waals surface area contributed by atoms with E-state index in [9.17, 15) is 4.79 Å². The molecule has 122 valence electrons. The standard InChI is InChI=1S/C18H24N4O/c1-12(2)17-20-15-7-6-14(9-16(15)21-17)18(23)22(3)11-13-5-4-8-19-10-13/h4-5,8,10,12,14H,6-7,9,11H2,1-3H3,(H,20,21)/t14-/m0/s1. The summed E-state index contributed by atoms with van der Waals surface area (Å²) in [7, 11) is 1.87. The Morgan fingerprint density at radius 3 is 3.00 bits per heavy atom. The second-order valence-electron chi connectivity index (χ2n) is 6.70. The Labute approximate surface area is 137 Å². The van der Waals surface area contributed by atoms with Crippen LogP contribution in [0.2, 0.25) is 0 Å². The molecular formula is C18H24N4O. The van der Waals surface area contributed by atoms with Crippen molar-refractivity contribution in [2.75, 3.05) is 7.05 Å². The number of fused-ring (bicyclic) bond motifs is 1. The maximum absolute atomic E-state index is 12.7. The number of H-pyrrole nitrogens is 1. The number of hydrogen-bond acceptors (Lipinski definition) is 3. The minimum absolute atomic E-state index is 0.0460. The number of imidazole rings is 1. The molecule has 3 rings (SSSR count). The highest BCUT2D eigenvalue weighted by Crippen LogP contribution is 2.27. The van der Waals surface area contributed by atoms with Crippen LogP contribution in [0.1, 0.15) is 49.0 Å². The van der Waals surface area contributed by atoms with Gasteiger partial charge in [0.1, 0.15) is 5.82 Å². The van der Waals surface area contributed by atoms with E-state index in [2.05, 4.69) is 28.8 Å². The van der Waals surface area contributed by atoms with E-state index in [-0.39, 0.29) is 11.8 Å². The van der Waals surface area contributed by atoms with Crippen LogP contribution in [-0.2, 0) is 24.2 Å². The fraction of sp³-hybridized carbons (Fsp3) is 0.500. The van der Waals surface area contributed by atoms with Gasteiger partial charge in [0.05, 0.1) is 5.69 Å². The van der Waals surface area contributed by atoms with E-state index >= 15 is 0 Å². The number of nitrogens with zero attached hydrogens (tertiary/aromatic N) is 3. The number of carbonyl (C=O) groups excluding carboxylic acids is 1. The van der Waals surface area contributed by atoms with Gasteiger partial charge >= 0.3 is 0 Å². The van der Waals surface area contributed by atoms with Gasteiger partial charge in [0.2, 0.25) is 5.91 Å². The second kappa shape index (κ2) is 6.52. The van der Waals surface area contributed by atoms with Crippen LogP contribution in [0.3, 0.4) is 0 Å². The third kappa shape index (κ3) is 3.44. The van der Waals surface area contributed by atoms with Crippen molar-refractivity contribution in [3.63, 3.8) is 0 Å². The van der Waals surface area contributed by atoms with Crippen LogP contribution in [0.4, 0.5) is 0 Å². The highest BCUT2D eigenvalue weighted by atomic mass is 16.2. The summed E-state index contributed by atoms with van der Waals surface area (Å²) < 4.78 is 0. The summed E-state index contributed by atoms with van der Waals surface area (Å²) in [6.45, 7) is 4.87. The number of carbonyl (C=O) groups is 1. The molecule has 2 aromatic rings. The van der Waals surface area contributed by atoms with Gasteiger partial charge in [-0.3, -0.25) is 9.78 Å². The number of amides is 1. The SMILES string of the molecule is CC(C)c1nc2c([nH]1)C[C@@H](C(=O)N(C)Cc1cccnc1)CC2. The van der Waals surface area contributed by atoms with Crippen LogP contribution in [0.5, 0.6) is 0 Å². The van der Waals surface area contributed by atoms with Gasteiger partial charge in [-0.1, -0.05) is 19.9 Å². The first-order chi connectivity index (χ1) is 11.0. The maximum atomic E-state index is 12.7. The summed E-state index contributed by atoms with van der Waals surface area (Å²) in [5.41, 5.74) is 3.35. The molecule has 0 saturated heterocycles. The monoisotopic (exact) mass is 312 g/mol. The van der Waals surface area contributed by atoms with E-state index in [1.165, 1.54) is 0 Å². The molecule has 2 heterocycles. The number of hydrogen-bond donors (Lipinski definition) is 1. The summed E-state index contributed by atoms with van der Waals surface area (Å²) in [6, 6.07) is 3.90. The highest BCUT2D eigenvalue weighted by Gasteiger charge is 2.29. The van der Waals surface area contributed by atoms with E-state index in [1.807, 2.05) is 30.3 Å². The van der Waals surface area contributed by atoms with Crippen LogP contribution >= 0.6 is 0 Å². The molecular weight excluding hydrogens is 288 g/mol. The molecule has 0 aromatic carbocycles. The van der Waals surface area contributed by atoms with E-state index in [0.29, 0.717) is 12.5 Å². The van der Waals surface area contributed by atoms with E-state index in [0.717, 1.165) is 42.0 Å². The lowest BCUT2D eigenvalue weighted by Crippen LogP contribution is -2.35. The van der Waals surface area contributed by atoms with Crippen molar-refractivity contribution in [3.8, 4) is 0 Å². The summed E-state index contributed by atoms with van der Waals surface area (Å²) in [5.74, 6) is 1.68. The zero-order valence-electron chi connectivity index (χ0n) is 14.0. The topological polar surface area (TPSA) is 61.9 Å². The molecule has 1 amide bonds. The van der Waals surface area contributed by atoms with Crippen molar-refractivity contribution >= 4 is 5.91 Å². The number of aromatic amines is 1. The average molecular weight is 312 g/mol. The van der Waals surface area contributed by atoms with Crippen LogP contribution in [-0.4, -0.2) is 32.8 Å². The zero-order valence-corrected chi connectivity index (χ0v) is 14.0. The van der Waals surface area contributed by atoms with Crippen molar-refractivity contribution in [1.82, 2.24) is 19.9 Å².